The van der Waals surface area contributed by atoms with Crippen molar-refractivity contribution < 1.29 is 4.79 Å². The molecule has 0 aliphatic heterocycles. The molecule has 1 aromatic heterocycles. The number of allylic oxidation sites excluding steroid dienone is 5. The van der Waals surface area contributed by atoms with Gasteiger partial charge in [0.1, 0.15) is 0 Å². The summed E-state index contributed by atoms with van der Waals surface area (Å²) < 4.78 is 0. The molecule has 1 heterocycles. The lowest BCUT2D eigenvalue weighted by Crippen LogP contribution is -1.87. The molecule has 0 spiro atoms. The number of aldehydes is 1. The van der Waals surface area contributed by atoms with Gasteiger partial charge in [-0.3, -0.25) is 9.78 Å². The molecule has 72 valence electrons. The van der Waals surface area contributed by atoms with Crippen molar-refractivity contribution in [2.24, 2.45) is 0 Å². The first-order valence-corrected chi connectivity index (χ1v) is 4.60. The van der Waals surface area contributed by atoms with Crippen molar-refractivity contribution in [1.29, 1.82) is 0 Å². The van der Waals surface area contributed by atoms with Crippen LogP contribution in [0.4, 0.5) is 0 Å². The van der Waals surface area contributed by atoms with Crippen LogP contribution in [0.1, 0.15) is 15.9 Å². The van der Waals surface area contributed by atoms with E-state index in [1.807, 2.05) is 36.4 Å². The number of aromatic nitrogens is 1. The van der Waals surface area contributed by atoms with Crippen LogP contribution in [0.25, 0.3) is 5.57 Å². The van der Waals surface area contributed by atoms with Gasteiger partial charge in [0, 0.05) is 23.5 Å². The lowest BCUT2D eigenvalue weighted by Gasteiger charge is -2.00. The van der Waals surface area contributed by atoms with Gasteiger partial charge in [0.05, 0.1) is 0 Å². The molecule has 0 radical (unpaired) electrons. The fraction of sp³-hybridized carbons (Fsp3) is 0. The van der Waals surface area contributed by atoms with E-state index in [4.69, 9.17) is 0 Å². The summed E-state index contributed by atoms with van der Waals surface area (Å²) in [5.74, 6) is 0. The molecule has 2 nitrogen and oxygen atoms in total. The Kier molecular flexibility index (Phi) is 2.72. The Bertz CT molecular complexity index is 503. The van der Waals surface area contributed by atoms with E-state index < -0.39 is 0 Å². The minimum absolute atomic E-state index is 0.586. The SMILES string of the molecule is O=Cc1cncc(C2=CC=C=CC=C2)c1. The smallest absolute Gasteiger partial charge is 0.151 e. The minimum Gasteiger partial charge on any atom is -0.298 e. The molecule has 15 heavy (non-hydrogen) atoms. The van der Waals surface area contributed by atoms with Crippen LogP contribution in [0.3, 0.4) is 0 Å². The molecule has 1 aromatic rings. The molecule has 1 aliphatic rings. The van der Waals surface area contributed by atoms with Gasteiger partial charge in [0.2, 0.25) is 0 Å². The number of carbonyl (C=O) groups is 1. The molecular weight excluding hydrogens is 186 g/mol. The normalized spacial score (nSPS) is 13.5. The van der Waals surface area contributed by atoms with Crippen molar-refractivity contribution >= 4 is 11.9 Å². The topological polar surface area (TPSA) is 30.0 Å². The lowest BCUT2D eigenvalue weighted by molar-refractivity contribution is 0.112. The van der Waals surface area contributed by atoms with Gasteiger partial charge in [-0.15, -0.1) is 5.73 Å². The molecule has 0 atom stereocenters. The fourth-order valence-electron chi connectivity index (χ4n) is 1.33. The van der Waals surface area contributed by atoms with Crippen LogP contribution in [-0.4, -0.2) is 11.3 Å². The second-order valence-corrected chi connectivity index (χ2v) is 3.11. The van der Waals surface area contributed by atoms with Crippen LogP contribution in [0.2, 0.25) is 0 Å². The molecule has 1 aliphatic carbocycles. The highest BCUT2D eigenvalue weighted by molar-refractivity contribution is 5.80. The van der Waals surface area contributed by atoms with Crippen LogP contribution < -0.4 is 0 Å². The van der Waals surface area contributed by atoms with Gasteiger partial charge in [-0.2, -0.15) is 0 Å². The summed E-state index contributed by atoms with van der Waals surface area (Å²) in [4.78, 5) is 14.6. The van der Waals surface area contributed by atoms with E-state index in [0.717, 1.165) is 17.4 Å². The van der Waals surface area contributed by atoms with Gasteiger partial charge in [-0.25, -0.2) is 0 Å². The van der Waals surface area contributed by atoms with Gasteiger partial charge in [0.25, 0.3) is 0 Å². The van der Waals surface area contributed by atoms with Gasteiger partial charge in [0.15, 0.2) is 6.29 Å². The maximum Gasteiger partial charge on any atom is 0.151 e. The van der Waals surface area contributed by atoms with Crippen LogP contribution in [0.5, 0.6) is 0 Å². The summed E-state index contributed by atoms with van der Waals surface area (Å²) in [6.45, 7) is 0. The first-order valence-electron chi connectivity index (χ1n) is 4.60. The highest BCUT2D eigenvalue weighted by Crippen LogP contribution is 2.16. The molecule has 0 saturated carbocycles. The average Bonchev–Trinajstić information content (AvgIpc) is 2.58. The van der Waals surface area contributed by atoms with Gasteiger partial charge < -0.3 is 0 Å². The van der Waals surface area contributed by atoms with E-state index in [9.17, 15) is 4.79 Å². The Morgan fingerprint density at radius 1 is 1.27 bits per heavy atom. The monoisotopic (exact) mass is 195 g/mol. The third-order valence-electron chi connectivity index (χ3n) is 2.06. The van der Waals surface area contributed by atoms with E-state index in [-0.39, 0.29) is 0 Å². The number of carbonyl (C=O) groups excluding carboxylic acids is 1. The van der Waals surface area contributed by atoms with Gasteiger partial charge in [-0.05, 0) is 29.9 Å². The average molecular weight is 195 g/mol. The number of pyridine rings is 1. The van der Waals surface area contributed by atoms with Crippen molar-refractivity contribution in [3.8, 4) is 0 Å². The molecule has 2 heteroatoms. The Morgan fingerprint density at radius 2 is 2.20 bits per heavy atom. The first kappa shape index (κ1) is 9.38. The quantitative estimate of drug-likeness (QED) is 0.536. The molecule has 0 fully saturated rings. The standard InChI is InChI=1S/C13H9NO/c15-10-11-7-13(9-14-8-11)12-5-3-1-2-4-6-12/h1,3-10H. The highest BCUT2D eigenvalue weighted by atomic mass is 16.1. The lowest BCUT2D eigenvalue weighted by atomic mass is 10.1. The van der Waals surface area contributed by atoms with Crippen molar-refractivity contribution in [2.75, 3.05) is 0 Å². The molecule has 0 bridgehead atoms. The van der Waals surface area contributed by atoms with E-state index >= 15 is 0 Å². The van der Waals surface area contributed by atoms with Crippen LogP contribution in [0.15, 0.2) is 54.6 Å². The second kappa shape index (κ2) is 4.36. The van der Waals surface area contributed by atoms with Gasteiger partial charge in [-0.1, -0.05) is 12.2 Å². The van der Waals surface area contributed by atoms with E-state index in [1.54, 1.807) is 12.4 Å². The number of hydrogen-bond acceptors (Lipinski definition) is 2. The Labute approximate surface area is 88.0 Å². The number of rotatable bonds is 2. The molecule has 2 rings (SSSR count). The molecule has 0 N–H and O–H groups in total. The minimum atomic E-state index is 0.586. The summed E-state index contributed by atoms with van der Waals surface area (Å²) in [5, 5.41) is 0. The van der Waals surface area contributed by atoms with E-state index in [0.29, 0.717) is 5.56 Å². The van der Waals surface area contributed by atoms with E-state index in [1.165, 1.54) is 0 Å². The predicted molar refractivity (Wildman–Crippen MR) is 59.4 cm³/mol. The summed E-state index contributed by atoms with van der Waals surface area (Å²) in [6.07, 6.45) is 13.6. The van der Waals surface area contributed by atoms with Crippen LogP contribution in [0, 0.1) is 0 Å². The maximum absolute atomic E-state index is 10.6. The zero-order chi connectivity index (χ0) is 10.5. The van der Waals surface area contributed by atoms with Gasteiger partial charge >= 0.3 is 0 Å². The second-order valence-electron chi connectivity index (χ2n) is 3.11. The number of nitrogens with zero attached hydrogens (tertiary/aromatic N) is 1. The van der Waals surface area contributed by atoms with Crippen molar-refractivity contribution in [3.05, 3.63) is 65.7 Å². The molecular formula is C13H9NO. The molecule has 0 amide bonds. The Hall–Kier alpha value is -2.18. The van der Waals surface area contributed by atoms with Crippen molar-refractivity contribution in [2.45, 2.75) is 0 Å². The summed E-state index contributed by atoms with van der Waals surface area (Å²) in [5.41, 5.74) is 5.51. The zero-order valence-corrected chi connectivity index (χ0v) is 8.05. The highest BCUT2D eigenvalue weighted by Gasteiger charge is 1.99. The van der Waals surface area contributed by atoms with Crippen LogP contribution in [-0.2, 0) is 0 Å². The zero-order valence-electron chi connectivity index (χ0n) is 8.05. The summed E-state index contributed by atoms with van der Waals surface area (Å²) in [7, 11) is 0. The number of hydrogen-bond donors (Lipinski definition) is 0. The summed E-state index contributed by atoms with van der Waals surface area (Å²) >= 11 is 0. The van der Waals surface area contributed by atoms with E-state index in [2.05, 4.69) is 10.7 Å². The Balaban J connectivity index is 2.41. The Morgan fingerprint density at radius 3 is 3.07 bits per heavy atom. The fourth-order valence-corrected chi connectivity index (χ4v) is 1.33. The van der Waals surface area contributed by atoms with Crippen LogP contribution >= 0.6 is 0 Å². The third kappa shape index (κ3) is 2.19. The maximum atomic E-state index is 10.6. The van der Waals surface area contributed by atoms with Crippen molar-refractivity contribution in [1.82, 2.24) is 4.98 Å². The largest absolute Gasteiger partial charge is 0.298 e. The molecule has 0 aromatic carbocycles. The predicted octanol–water partition coefficient (Wildman–Crippen LogP) is 2.56. The third-order valence-corrected chi connectivity index (χ3v) is 2.06. The first-order chi connectivity index (χ1) is 7.40. The molecule has 0 unspecified atom stereocenters. The summed E-state index contributed by atoms with van der Waals surface area (Å²) in [6, 6.07) is 1.81. The molecule has 0 saturated heterocycles. The van der Waals surface area contributed by atoms with Crippen molar-refractivity contribution in [3.63, 3.8) is 0 Å².